The molecule has 0 spiro atoms. The van der Waals surface area contributed by atoms with Crippen LogP contribution in [0.25, 0.3) is 0 Å². The van der Waals surface area contributed by atoms with Crippen molar-refractivity contribution in [3.05, 3.63) is 53.2 Å². The minimum atomic E-state index is -3.56. The van der Waals surface area contributed by atoms with Crippen LogP contribution in [0.5, 0.6) is 0 Å². The van der Waals surface area contributed by atoms with E-state index in [0.29, 0.717) is 27.6 Å². The number of nitrogens with zero attached hydrogens (tertiary/aromatic N) is 4. The van der Waals surface area contributed by atoms with E-state index < -0.39 is 10.0 Å². The van der Waals surface area contributed by atoms with Crippen molar-refractivity contribution in [3.63, 3.8) is 0 Å². The van der Waals surface area contributed by atoms with Crippen molar-refractivity contribution in [1.29, 1.82) is 0 Å². The summed E-state index contributed by atoms with van der Waals surface area (Å²) in [5.41, 5.74) is 0.726. The van der Waals surface area contributed by atoms with E-state index in [1.165, 1.54) is 0 Å². The highest BCUT2D eigenvalue weighted by Gasteiger charge is 2.43. The topological polar surface area (TPSA) is 65.9 Å². The van der Waals surface area contributed by atoms with Gasteiger partial charge in [-0.2, -0.15) is 8.42 Å². The minimum absolute atomic E-state index is 0.319. The molecule has 0 saturated carbocycles. The number of likely N-dealkylation sites (tertiary alicyclic amines) is 1. The number of benzene rings is 1. The number of sulfonamides is 1. The minimum Gasteiger partial charge on any atom is -0.356 e. The molecule has 134 valence electrons. The van der Waals surface area contributed by atoms with Gasteiger partial charge in [-0.05, 0) is 24.3 Å². The van der Waals surface area contributed by atoms with Crippen LogP contribution in [0.4, 0.5) is 5.82 Å². The van der Waals surface area contributed by atoms with Gasteiger partial charge >= 0.3 is 0 Å². The Balaban J connectivity index is 1.36. The molecule has 2 saturated heterocycles. The maximum Gasteiger partial charge on any atom is 0.285 e. The molecule has 1 aromatic heterocycles. The van der Waals surface area contributed by atoms with Crippen LogP contribution in [0, 0.1) is 11.8 Å². The first-order valence-corrected chi connectivity index (χ1v) is 10.4. The second-order valence-electron chi connectivity index (χ2n) is 7.05. The zero-order valence-electron chi connectivity index (χ0n) is 13.9. The highest BCUT2D eigenvalue weighted by atomic mass is 35.5. The third kappa shape index (κ3) is 2.49. The summed E-state index contributed by atoms with van der Waals surface area (Å²) in [4.78, 5) is 9.14. The molecule has 0 bridgehead atoms. The lowest BCUT2D eigenvalue weighted by atomic mass is 10.0. The molecule has 0 aliphatic carbocycles. The fraction of sp³-hybridized carbons (Fsp3) is 0.333. The van der Waals surface area contributed by atoms with Crippen LogP contribution in [0.15, 0.2) is 51.9 Å². The third-order valence-corrected chi connectivity index (χ3v) is 6.98. The molecular formula is C18H17ClN4O2S. The summed E-state index contributed by atoms with van der Waals surface area (Å²) in [5, 5.41) is 0.637. The Bertz CT molecular complexity index is 992. The van der Waals surface area contributed by atoms with Crippen molar-refractivity contribution in [2.45, 2.75) is 4.90 Å². The molecule has 0 N–H and O–H groups in total. The quantitative estimate of drug-likeness (QED) is 0.749. The summed E-state index contributed by atoms with van der Waals surface area (Å²) in [6, 6.07) is 10.9. The van der Waals surface area contributed by atoms with Gasteiger partial charge in [0.2, 0.25) is 0 Å². The van der Waals surface area contributed by atoms with Gasteiger partial charge in [0.05, 0.1) is 5.02 Å². The number of fused-ring (bicyclic) bond motifs is 2. The lowest BCUT2D eigenvalue weighted by Crippen LogP contribution is -2.33. The molecule has 2 fully saturated rings. The van der Waals surface area contributed by atoms with E-state index in [0.717, 1.165) is 37.6 Å². The molecule has 8 heteroatoms. The Hall–Kier alpha value is -2.12. The maximum absolute atomic E-state index is 12.3. The van der Waals surface area contributed by atoms with Crippen molar-refractivity contribution in [2.24, 2.45) is 16.2 Å². The number of halogens is 1. The molecule has 2 atom stereocenters. The summed E-state index contributed by atoms with van der Waals surface area (Å²) >= 11 is 5.92. The summed E-state index contributed by atoms with van der Waals surface area (Å²) in [6.07, 6.45) is 1.67. The highest BCUT2D eigenvalue weighted by Crippen LogP contribution is 2.36. The number of amidine groups is 1. The Kier molecular flexibility index (Phi) is 3.52. The number of aromatic nitrogens is 1. The number of pyridine rings is 1. The number of hydrogen-bond acceptors (Lipinski definition) is 5. The van der Waals surface area contributed by atoms with Gasteiger partial charge in [-0.15, -0.1) is 4.40 Å². The Morgan fingerprint density at radius 2 is 1.65 bits per heavy atom. The van der Waals surface area contributed by atoms with Crippen LogP contribution in [-0.2, 0) is 10.0 Å². The maximum atomic E-state index is 12.3. The summed E-state index contributed by atoms with van der Waals surface area (Å²) in [7, 11) is -3.56. The van der Waals surface area contributed by atoms with Crippen LogP contribution in [-0.4, -0.2) is 50.3 Å². The van der Waals surface area contributed by atoms with Crippen molar-refractivity contribution < 1.29 is 8.42 Å². The second-order valence-corrected chi connectivity index (χ2v) is 9.06. The Morgan fingerprint density at radius 1 is 0.962 bits per heavy atom. The SMILES string of the molecule is O=S1(=O)N=C(N2CC3CN(c4ccc(Cl)cn4)CC3C2)c2ccccc21. The summed E-state index contributed by atoms with van der Waals surface area (Å²) in [6.45, 7) is 3.46. The van der Waals surface area contributed by atoms with Gasteiger partial charge in [-0.3, -0.25) is 0 Å². The summed E-state index contributed by atoms with van der Waals surface area (Å²) < 4.78 is 28.6. The summed E-state index contributed by atoms with van der Waals surface area (Å²) in [5.74, 6) is 2.50. The fourth-order valence-electron chi connectivity index (χ4n) is 4.22. The van der Waals surface area contributed by atoms with Crippen LogP contribution in [0.2, 0.25) is 5.02 Å². The fourth-order valence-corrected chi connectivity index (χ4v) is 5.56. The molecule has 3 aliphatic rings. The second kappa shape index (κ2) is 5.69. The number of anilines is 1. The predicted molar refractivity (Wildman–Crippen MR) is 100 cm³/mol. The average Bonchev–Trinajstić information content (AvgIpc) is 3.26. The van der Waals surface area contributed by atoms with Gasteiger partial charge in [0, 0.05) is 49.8 Å². The zero-order valence-corrected chi connectivity index (χ0v) is 15.5. The van der Waals surface area contributed by atoms with E-state index in [2.05, 4.69) is 19.2 Å². The molecule has 1 aromatic carbocycles. The van der Waals surface area contributed by atoms with E-state index in [1.54, 1.807) is 18.3 Å². The number of rotatable bonds is 1. The molecular weight excluding hydrogens is 372 g/mol. The molecule has 0 amide bonds. The molecule has 0 radical (unpaired) electrons. The van der Waals surface area contributed by atoms with E-state index in [9.17, 15) is 8.42 Å². The molecule has 5 rings (SSSR count). The van der Waals surface area contributed by atoms with Gasteiger partial charge in [0.15, 0.2) is 5.84 Å². The van der Waals surface area contributed by atoms with E-state index in [-0.39, 0.29) is 0 Å². The van der Waals surface area contributed by atoms with E-state index in [1.807, 2.05) is 24.3 Å². The van der Waals surface area contributed by atoms with Gasteiger partial charge in [-0.25, -0.2) is 4.98 Å². The largest absolute Gasteiger partial charge is 0.356 e. The molecule has 6 nitrogen and oxygen atoms in total. The molecule has 26 heavy (non-hydrogen) atoms. The lowest BCUT2D eigenvalue weighted by molar-refractivity contribution is 0.478. The van der Waals surface area contributed by atoms with Crippen molar-refractivity contribution >= 4 is 33.3 Å². The monoisotopic (exact) mass is 388 g/mol. The van der Waals surface area contributed by atoms with Crippen LogP contribution in [0.1, 0.15) is 5.56 Å². The highest BCUT2D eigenvalue weighted by molar-refractivity contribution is 7.90. The smallest absolute Gasteiger partial charge is 0.285 e. The first-order valence-electron chi connectivity index (χ1n) is 8.57. The third-order valence-electron chi connectivity index (χ3n) is 5.43. The Labute approximate surface area is 157 Å². The van der Waals surface area contributed by atoms with Crippen molar-refractivity contribution in [1.82, 2.24) is 9.88 Å². The van der Waals surface area contributed by atoms with Gasteiger partial charge < -0.3 is 9.80 Å². The first kappa shape index (κ1) is 16.1. The first-order chi connectivity index (χ1) is 12.5. The van der Waals surface area contributed by atoms with Gasteiger partial charge in [-0.1, -0.05) is 23.7 Å². The lowest BCUT2D eigenvalue weighted by Gasteiger charge is -2.23. The van der Waals surface area contributed by atoms with Crippen LogP contribution < -0.4 is 4.90 Å². The van der Waals surface area contributed by atoms with Gasteiger partial charge in [0.1, 0.15) is 10.7 Å². The van der Waals surface area contributed by atoms with Crippen molar-refractivity contribution in [3.8, 4) is 0 Å². The Morgan fingerprint density at radius 3 is 2.35 bits per heavy atom. The van der Waals surface area contributed by atoms with Crippen LogP contribution in [0.3, 0.4) is 0 Å². The number of hydrogen-bond donors (Lipinski definition) is 0. The molecule has 2 unspecified atom stereocenters. The molecule has 3 aliphatic heterocycles. The van der Waals surface area contributed by atoms with E-state index in [4.69, 9.17) is 11.6 Å². The van der Waals surface area contributed by atoms with Crippen LogP contribution >= 0.6 is 11.6 Å². The van der Waals surface area contributed by atoms with E-state index >= 15 is 0 Å². The molecule has 4 heterocycles. The van der Waals surface area contributed by atoms with Crippen molar-refractivity contribution in [2.75, 3.05) is 31.1 Å². The average molecular weight is 389 g/mol. The van der Waals surface area contributed by atoms with Gasteiger partial charge in [0.25, 0.3) is 10.0 Å². The standard InChI is InChI=1S/C18H17ClN4O2S/c19-14-5-6-17(20-7-14)22-8-12-10-23(11-13(12)9-22)18-15-3-1-2-4-16(15)26(24,25)21-18/h1-7,12-13H,8-11H2. The normalized spacial score (nSPS) is 26.0. The molecule has 2 aromatic rings. The zero-order chi connectivity index (χ0) is 17.9. The predicted octanol–water partition coefficient (Wildman–Crippen LogP) is 2.25.